The van der Waals surface area contributed by atoms with Gasteiger partial charge < -0.3 is 10.1 Å². The predicted molar refractivity (Wildman–Crippen MR) is 135 cm³/mol. The second-order valence-electron chi connectivity index (χ2n) is 7.64. The molecule has 1 heterocycles. The fraction of sp³-hybridized carbons (Fsp3) is 0.160. The molecular formula is C25H22N4O5S. The number of nitro groups is 1. The zero-order valence-electron chi connectivity index (χ0n) is 18.8. The first-order chi connectivity index (χ1) is 16.9. The number of benzene rings is 3. The van der Waals surface area contributed by atoms with Crippen LogP contribution in [0, 0.1) is 10.1 Å². The lowest BCUT2D eigenvalue weighted by Crippen LogP contribution is -2.33. The number of aliphatic imine (C=N–C) groups is 1. The molecule has 178 valence electrons. The molecule has 4 rings (SSSR count). The van der Waals surface area contributed by atoms with Crippen LogP contribution in [-0.4, -0.2) is 39.2 Å². The van der Waals surface area contributed by atoms with Gasteiger partial charge in [0.15, 0.2) is 5.17 Å². The highest BCUT2D eigenvalue weighted by Gasteiger charge is 2.39. The molecule has 1 unspecified atom stereocenters. The Morgan fingerprint density at radius 3 is 2.46 bits per heavy atom. The van der Waals surface area contributed by atoms with Crippen molar-refractivity contribution in [2.75, 3.05) is 12.4 Å². The zero-order valence-corrected chi connectivity index (χ0v) is 19.6. The number of anilines is 1. The topological polar surface area (TPSA) is 114 Å². The maximum Gasteiger partial charge on any atom is 0.271 e. The van der Waals surface area contributed by atoms with E-state index < -0.39 is 16.1 Å². The molecule has 1 fully saturated rings. The second-order valence-corrected chi connectivity index (χ2v) is 8.81. The van der Waals surface area contributed by atoms with Crippen molar-refractivity contribution < 1.29 is 19.2 Å². The number of amides is 2. The number of ether oxygens (including phenoxy) is 1. The fourth-order valence-electron chi connectivity index (χ4n) is 3.53. The normalized spacial score (nSPS) is 16.4. The van der Waals surface area contributed by atoms with Gasteiger partial charge in [-0.3, -0.25) is 24.6 Å². The van der Waals surface area contributed by atoms with Gasteiger partial charge in [0.1, 0.15) is 11.0 Å². The molecule has 0 radical (unpaired) electrons. The van der Waals surface area contributed by atoms with E-state index in [0.717, 1.165) is 5.56 Å². The maximum atomic E-state index is 13.3. The molecule has 9 nitrogen and oxygen atoms in total. The molecule has 2 amide bonds. The zero-order chi connectivity index (χ0) is 24.8. The average Bonchev–Trinajstić information content (AvgIpc) is 3.13. The first kappa shape index (κ1) is 24.0. The van der Waals surface area contributed by atoms with Gasteiger partial charge in [-0.1, -0.05) is 60.3 Å². The van der Waals surface area contributed by atoms with E-state index in [1.54, 1.807) is 4.90 Å². The summed E-state index contributed by atoms with van der Waals surface area (Å²) >= 11 is 1.22. The van der Waals surface area contributed by atoms with E-state index in [1.807, 2.05) is 60.7 Å². The SMILES string of the molecule is COc1ccc([N+](=O)[O-])cc1NC(=O)CC1SC(=Nc2ccccc2)N(Cc2ccccc2)C1=O. The van der Waals surface area contributed by atoms with Crippen LogP contribution >= 0.6 is 11.8 Å². The number of nitrogens with zero attached hydrogens (tertiary/aromatic N) is 3. The molecule has 0 spiro atoms. The Morgan fingerprint density at radius 1 is 1.11 bits per heavy atom. The van der Waals surface area contributed by atoms with Crippen molar-refractivity contribution >= 4 is 45.8 Å². The van der Waals surface area contributed by atoms with E-state index in [2.05, 4.69) is 10.3 Å². The minimum atomic E-state index is -0.689. The summed E-state index contributed by atoms with van der Waals surface area (Å²) < 4.78 is 5.20. The maximum absolute atomic E-state index is 13.3. The number of non-ortho nitro benzene ring substituents is 1. The van der Waals surface area contributed by atoms with Crippen LogP contribution in [0.1, 0.15) is 12.0 Å². The molecule has 10 heteroatoms. The number of amidine groups is 1. The summed E-state index contributed by atoms with van der Waals surface area (Å²) in [7, 11) is 1.40. The number of hydrogen-bond donors (Lipinski definition) is 1. The molecule has 0 saturated carbocycles. The number of thioether (sulfide) groups is 1. The van der Waals surface area contributed by atoms with E-state index in [4.69, 9.17) is 4.74 Å². The Hall–Kier alpha value is -4.18. The molecule has 35 heavy (non-hydrogen) atoms. The van der Waals surface area contributed by atoms with Crippen LogP contribution in [0.4, 0.5) is 17.1 Å². The Labute approximate surface area is 206 Å². The van der Waals surface area contributed by atoms with E-state index in [1.165, 1.54) is 37.1 Å². The average molecular weight is 491 g/mol. The van der Waals surface area contributed by atoms with Gasteiger partial charge in [-0.2, -0.15) is 0 Å². The summed E-state index contributed by atoms with van der Waals surface area (Å²) in [5.41, 5.74) is 1.63. The van der Waals surface area contributed by atoms with Gasteiger partial charge in [0.2, 0.25) is 11.8 Å². The number of nitro benzene ring substituents is 1. The van der Waals surface area contributed by atoms with Crippen LogP contribution in [0.2, 0.25) is 0 Å². The molecule has 1 atom stereocenters. The van der Waals surface area contributed by atoms with Crippen LogP contribution in [0.3, 0.4) is 0 Å². The lowest BCUT2D eigenvalue weighted by atomic mass is 10.2. The number of carbonyl (C=O) groups excluding carboxylic acids is 2. The molecule has 1 aliphatic heterocycles. The predicted octanol–water partition coefficient (Wildman–Crippen LogP) is 4.76. The molecule has 1 aliphatic rings. The fourth-order valence-corrected chi connectivity index (χ4v) is 4.68. The van der Waals surface area contributed by atoms with Gasteiger partial charge in [-0.05, 0) is 23.8 Å². The number of methoxy groups -OCH3 is 1. The monoisotopic (exact) mass is 490 g/mol. The quantitative estimate of drug-likeness (QED) is 0.360. The number of nitrogens with one attached hydrogen (secondary N) is 1. The summed E-state index contributed by atoms with van der Waals surface area (Å²) in [6.07, 6.45) is -0.131. The third-order valence-electron chi connectivity index (χ3n) is 5.22. The molecule has 3 aromatic carbocycles. The summed E-state index contributed by atoms with van der Waals surface area (Å²) in [6.45, 7) is 0.329. The highest BCUT2D eigenvalue weighted by molar-refractivity contribution is 8.15. The third-order valence-corrected chi connectivity index (χ3v) is 6.40. The lowest BCUT2D eigenvalue weighted by Gasteiger charge is -2.16. The molecule has 0 aromatic heterocycles. The van der Waals surface area contributed by atoms with Crippen LogP contribution in [0.25, 0.3) is 0 Å². The molecule has 3 aromatic rings. The van der Waals surface area contributed by atoms with E-state index >= 15 is 0 Å². The Morgan fingerprint density at radius 2 is 1.80 bits per heavy atom. The highest BCUT2D eigenvalue weighted by Crippen LogP contribution is 2.34. The molecule has 0 aliphatic carbocycles. The lowest BCUT2D eigenvalue weighted by molar-refractivity contribution is -0.384. The van der Waals surface area contributed by atoms with Gasteiger partial charge in [-0.25, -0.2) is 4.99 Å². The van der Waals surface area contributed by atoms with Gasteiger partial charge >= 0.3 is 0 Å². The third kappa shape index (κ3) is 5.85. The largest absolute Gasteiger partial charge is 0.495 e. The molecule has 1 N–H and O–H groups in total. The first-order valence-electron chi connectivity index (χ1n) is 10.7. The summed E-state index contributed by atoms with van der Waals surface area (Å²) in [6, 6.07) is 22.8. The Bertz CT molecular complexity index is 1270. The van der Waals surface area contributed by atoms with Crippen LogP contribution in [0.15, 0.2) is 83.9 Å². The van der Waals surface area contributed by atoms with Gasteiger partial charge in [0.25, 0.3) is 5.69 Å². The number of para-hydroxylation sites is 1. The van der Waals surface area contributed by atoms with Crippen LogP contribution < -0.4 is 10.1 Å². The van der Waals surface area contributed by atoms with Crippen molar-refractivity contribution in [3.05, 3.63) is 94.5 Å². The standard InChI is InChI=1S/C25H22N4O5S/c1-34-21-13-12-19(29(32)33)14-20(21)27-23(30)15-22-24(31)28(16-17-8-4-2-5-9-17)25(35-22)26-18-10-6-3-7-11-18/h2-14,22H,15-16H2,1H3,(H,27,30). The van der Waals surface area contributed by atoms with Crippen molar-refractivity contribution in [3.8, 4) is 5.75 Å². The van der Waals surface area contributed by atoms with E-state index in [9.17, 15) is 19.7 Å². The second kappa shape index (κ2) is 10.8. The minimum Gasteiger partial charge on any atom is -0.495 e. The molecule has 1 saturated heterocycles. The highest BCUT2D eigenvalue weighted by atomic mass is 32.2. The van der Waals surface area contributed by atoms with Crippen molar-refractivity contribution in [3.63, 3.8) is 0 Å². The smallest absolute Gasteiger partial charge is 0.271 e. The number of hydrogen-bond acceptors (Lipinski definition) is 7. The van der Waals surface area contributed by atoms with Gasteiger partial charge in [-0.15, -0.1) is 0 Å². The molecular weight excluding hydrogens is 468 g/mol. The number of carbonyl (C=O) groups is 2. The summed E-state index contributed by atoms with van der Waals surface area (Å²) in [5.74, 6) is -0.406. The summed E-state index contributed by atoms with van der Waals surface area (Å²) in [5, 5.41) is 13.6. The Balaban J connectivity index is 1.54. The van der Waals surface area contributed by atoms with E-state index in [0.29, 0.717) is 17.4 Å². The van der Waals surface area contributed by atoms with Crippen LogP contribution in [-0.2, 0) is 16.1 Å². The van der Waals surface area contributed by atoms with Crippen molar-refractivity contribution in [2.24, 2.45) is 4.99 Å². The number of rotatable bonds is 8. The summed E-state index contributed by atoms with van der Waals surface area (Å²) in [4.78, 5) is 42.9. The van der Waals surface area contributed by atoms with Gasteiger partial charge in [0, 0.05) is 18.6 Å². The van der Waals surface area contributed by atoms with Gasteiger partial charge in [0.05, 0.1) is 30.0 Å². The Kier molecular flexibility index (Phi) is 7.41. The van der Waals surface area contributed by atoms with Crippen molar-refractivity contribution in [1.82, 2.24) is 4.90 Å². The van der Waals surface area contributed by atoms with Crippen molar-refractivity contribution in [1.29, 1.82) is 0 Å². The van der Waals surface area contributed by atoms with Crippen LogP contribution in [0.5, 0.6) is 5.75 Å². The minimum absolute atomic E-state index is 0.131. The van der Waals surface area contributed by atoms with Crippen molar-refractivity contribution in [2.45, 2.75) is 18.2 Å². The van der Waals surface area contributed by atoms with E-state index in [-0.39, 0.29) is 29.5 Å². The first-order valence-corrected chi connectivity index (χ1v) is 11.6. The molecule has 0 bridgehead atoms.